The van der Waals surface area contributed by atoms with Crippen molar-refractivity contribution in [3.63, 3.8) is 0 Å². The molecule has 148 valence electrons. The standard InChI is InChI=1S/C21H23FN2O3S/c22-20-6-2-1-5-17(20)15-24(18-9-10-18)21(25)16-7-11-19(12-8-16)28(26,27)23-13-3-4-14-23/h1-2,5-8,11-12,18H,3-4,9-10,13-15H2. The number of rotatable bonds is 6. The number of nitrogens with zero attached hydrogens (tertiary/aromatic N) is 2. The highest BCUT2D eigenvalue weighted by Gasteiger charge is 2.34. The predicted octanol–water partition coefficient (Wildman–Crippen LogP) is 3.42. The molecule has 1 heterocycles. The molecule has 2 aromatic rings. The minimum absolute atomic E-state index is 0.111. The van der Waals surface area contributed by atoms with E-state index in [1.165, 1.54) is 22.5 Å². The number of hydrogen-bond donors (Lipinski definition) is 0. The maximum atomic E-state index is 14.0. The summed E-state index contributed by atoms with van der Waals surface area (Å²) >= 11 is 0. The number of carbonyl (C=O) groups is 1. The first-order chi connectivity index (χ1) is 13.5. The van der Waals surface area contributed by atoms with Gasteiger partial charge in [-0.3, -0.25) is 4.79 Å². The molecule has 0 aromatic heterocycles. The highest BCUT2D eigenvalue weighted by Crippen LogP contribution is 2.30. The highest BCUT2D eigenvalue weighted by molar-refractivity contribution is 7.89. The van der Waals surface area contributed by atoms with Crippen LogP contribution in [0.4, 0.5) is 4.39 Å². The van der Waals surface area contributed by atoms with Gasteiger partial charge < -0.3 is 4.90 Å². The van der Waals surface area contributed by atoms with Gasteiger partial charge in [-0.25, -0.2) is 12.8 Å². The molecule has 0 bridgehead atoms. The van der Waals surface area contributed by atoms with Crippen molar-refractivity contribution in [1.82, 2.24) is 9.21 Å². The molecular formula is C21H23FN2O3S. The zero-order valence-electron chi connectivity index (χ0n) is 15.6. The van der Waals surface area contributed by atoms with Crippen molar-refractivity contribution in [3.05, 3.63) is 65.5 Å². The SMILES string of the molecule is O=C(c1ccc(S(=O)(=O)N2CCCC2)cc1)N(Cc1ccccc1F)C1CC1. The molecular weight excluding hydrogens is 379 g/mol. The third-order valence-corrected chi connectivity index (χ3v) is 7.26. The minimum atomic E-state index is -3.50. The second kappa shape index (κ2) is 7.64. The number of sulfonamides is 1. The Hall–Kier alpha value is -2.25. The molecule has 0 atom stereocenters. The maximum absolute atomic E-state index is 14.0. The summed E-state index contributed by atoms with van der Waals surface area (Å²) in [6.07, 6.45) is 3.56. The first-order valence-corrected chi connectivity index (χ1v) is 11.1. The molecule has 0 spiro atoms. The fourth-order valence-corrected chi connectivity index (χ4v) is 5.09. The van der Waals surface area contributed by atoms with Crippen LogP contribution in [-0.2, 0) is 16.6 Å². The van der Waals surface area contributed by atoms with Gasteiger partial charge in [0.2, 0.25) is 10.0 Å². The maximum Gasteiger partial charge on any atom is 0.254 e. The first kappa shape index (κ1) is 19.1. The van der Waals surface area contributed by atoms with Crippen LogP contribution in [0.25, 0.3) is 0 Å². The van der Waals surface area contributed by atoms with Gasteiger partial charge in [-0.2, -0.15) is 4.31 Å². The van der Waals surface area contributed by atoms with Crippen LogP contribution in [0.2, 0.25) is 0 Å². The normalized spacial score (nSPS) is 17.6. The van der Waals surface area contributed by atoms with E-state index in [4.69, 9.17) is 0 Å². The Bertz CT molecular complexity index is 965. The monoisotopic (exact) mass is 402 g/mol. The predicted molar refractivity (Wildman–Crippen MR) is 104 cm³/mol. The van der Waals surface area contributed by atoms with Crippen molar-refractivity contribution in [2.75, 3.05) is 13.1 Å². The van der Waals surface area contributed by atoms with Crippen LogP contribution in [0.1, 0.15) is 41.6 Å². The van der Waals surface area contributed by atoms with E-state index in [0.29, 0.717) is 24.2 Å². The van der Waals surface area contributed by atoms with Gasteiger partial charge in [-0.1, -0.05) is 18.2 Å². The van der Waals surface area contributed by atoms with E-state index in [9.17, 15) is 17.6 Å². The number of amides is 1. The van der Waals surface area contributed by atoms with Crippen LogP contribution in [-0.4, -0.2) is 42.7 Å². The summed E-state index contributed by atoms with van der Waals surface area (Å²) in [5.74, 6) is -0.524. The van der Waals surface area contributed by atoms with Crippen molar-refractivity contribution in [2.45, 2.75) is 43.2 Å². The molecule has 1 aliphatic heterocycles. The smallest absolute Gasteiger partial charge is 0.254 e. The van der Waals surface area contributed by atoms with Gasteiger partial charge in [0.25, 0.3) is 5.91 Å². The summed E-state index contributed by atoms with van der Waals surface area (Å²) in [5, 5.41) is 0. The molecule has 1 aliphatic carbocycles. The number of hydrogen-bond acceptors (Lipinski definition) is 3. The topological polar surface area (TPSA) is 57.7 Å². The molecule has 0 unspecified atom stereocenters. The average Bonchev–Trinajstić information content (AvgIpc) is 3.38. The lowest BCUT2D eigenvalue weighted by atomic mass is 10.1. The van der Waals surface area contributed by atoms with E-state index in [-0.39, 0.29) is 29.2 Å². The second-order valence-corrected chi connectivity index (χ2v) is 9.33. The van der Waals surface area contributed by atoms with Gasteiger partial charge in [0.1, 0.15) is 5.82 Å². The molecule has 2 fully saturated rings. The van der Waals surface area contributed by atoms with Gasteiger partial charge in [0.15, 0.2) is 0 Å². The third kappa shape index (κ3) is 3.82. The minimum Gasteiger partial charge on any atom is -0.331 e. The average molecular weight is 402 g/mol. The Kier molecular flexibility index (Phi) is 5.21. The molecule has 2 aromatic carbocycles. The molecule has 5 nitrogen and oxygen atoms in total. The summed E-state index contributed by atoms with van der Waals surface area (Å²) in [6.45, 7) is 1.30. The number of halogens is 1. The van der Waals surface area contributed by atoms with Crippen molar-refractivity contribution < 1.29 is 17.6 Å². The summed E-state index contributed by atoms with van der Waals surface area (Å²) in [7, 11) is -3.50. The van der Waals surface area contributed by atoms with Crippen LogP contribution >= 0.6 is 0 Å². The molecule has 1 saturated carbocycles. The largest absolute Gasteiger partial charge is 0.331 e. The zero-order chi connectivity index (χ0) is 19.7. The molecule has 28 heavy (non-hydrogen) atoms. The van der Waals surface area contributed by atoms with Gasteiger partial charge in [0.05, 0.1) is 4.90 Å². The van der Waals surface area contributed by atoms with Crippen LogP contribution in [0, 0.1) is 5.82 Å². The number of carbonyl (C=O) groups excluding carboxylic acids is 1. The Morgan fingerprint density at radius 3 is 2.29 bits per heavy atom. The summed E-state index contributed by atoms with van der Waals surface area (Å²) in [6, 6.07) is 12.7. The fraction of sp³-hybridized carbons (Fsp3) is 0.381. The van der Waals surface area contributed by atoms with E-state index in [1.54, 1.807) is 35.2 Å². The van der Waals surface area contributed by atoms with Gasteiger partial charge >= 0.3 is 0 Å². The summed E-state index contributed by atoms with van der Waals surface area (Å²) < 4.78 is 40.8. The summed E-state index contributed by atoms with van der Waals surface area (Å²) in [4.78, 5) is 14.9. The van der Waals surface area contributed by atoms with Crippen LogP contribution in [0.5, 0.6) is 0 Å². The zero-order valence-corrected chi connectivity index (χ0v) is 16.4. The molecule has 4 rings (SSSR count). The molecule has 1 saturated heterocycles. The molecule has 0 N–H and O–H groups in total. The highest BCUT2D eigenvalue weighted by atomic mass is 32.2. The van der Waals surface area contributed by atoms with E-state index in [2.05, 4.69) is 0 Å². The first-order valence-electron chi connectivity index (χ1n) is 9.61. The van der Waals surface area contributed by atoms with Crippen molar-refractivity contribution in [2.24, 2.45) is 0 Å². The van der Waals surface area contributed by atoms with E-state index in [0.717, 1.165) is 25.7 Å². The van der Waals surface area contributed by atoms with E-state index >= 15 is 0 Å². The van der Waals surface area contributed by atoms with Gasteiger partial charge in [-0.15, -0.1) is 0 Å². The Morgan fingerprint density at radius 1 is 1.04 bits per heavy atom. The fourth-order valence-electron chi connectivity index (χ4n) is 3.58. The lowest BCUT2D eigenvalue weighted by Crippen LogP contribution is -2.33. The van der Waals surface area contributed by atoms with Crippen LogP contribution in [0.15, 0.2) is 53.4 Å². The third-order valence-electron chi connectivity index (χ3n) is 5.35. The van der Waals surface area contributed by atoms with E-state index in [1.807, 2.05) is 0 Å². The van der Waals surface area contributed by atoms with Gasteiger partial charge in [-0.05, 0) is 56.0 Å². The van der Waals surface area contributed by atoms with Crippen LogP contribution < -0.4 is 0 Å². The summed E-state index contributed by atoms with van der Waals surface area (Å²) in [5.41, 5.74) is 0.902. The molecule has 0 radical (unpaired) electrons. The van der Waals surface area contributed by atoms with Crippen molar-refractivity contribution in [1.29, 1.82) is 0 Å². The molecule has 1 amide bonds. The lowest BCUT2D eigenvalue weighted by Gasteiger charge is -2.23. The Balaban J connectivity index is 1.54. The lowest BCUT2D eigenvalue weighted by molar-refractivity contribution is 0.0728. The molecule has 2 aliphatic rings. The molecule has 7 heteroatoms. The Labute approximate surface area is 164 Å². The van der Waals surface area contributed by atoms with Gasteiger partial charge in [0, 0.05) is 36.8 Å². The second-order valence-electron chi connectivity index (χ2n) is 7.39. The quantitative estimate of drug-likeness (QED) is 0.744. The number of benzene rings is 2. The van der Waals surface area contributed by atoms with Crippen molar-refractivity contribution >= 4 is 15.9 Å². The van der Waals surface area contributed by atoms with Crippen molar-refractivity contribution in [3.8, 4) is 0 Å². The Morgan fingerprint density at radius 2 is 1.68 bits per heavy atom. The van der Waals surface area contributed by atoms with Crippen LogP contribution in [0.3, 0.4) is 0 Å². The van der Waals surface area contributed by atoms with E-state index < -0.39 is 10.0 Å².